The Labute approximate surface area is 169 Å². The largest absolute Gasteiger partial charge is 0.493 e. The first kappa shape index (κ1) is 20.0. The van der Waals surface area contributed by atoms with Crippen molar-refractivity contribution >= 4 is 12.0 Å². The van der Waals surface area contributed by atoms with Crippen LogP contribution in [0.2, 0.25) is 0 Å². The van der Waals surface area contributed by atoms with Gasteiger partial charge in [0.05, 0.1) is 7.11 Å². The third kappa shape index (κ3) is 5.62. The second-order valence-corrected chi connectivity index (χ2v) is 6.14. The van der Waals surface area contributed by atoms with Crippen molar-refractivity contribution in [1.29, 1.82) is 0 Å². The van der Waals surface area contributed by atoms with E-state index in [1.165, 1.54) is 13.2 Å². The van der Waals surface area contributed by atoms with Crippen molar-refractivity contribution in [2.24, 2.45) is 0 Å². The highest BCUT2D eigenvalue weighted by Gasteiger charge is 2.09. The summed E-state index contributed by atoms with van der Waals surface area (Å²) in [5, 5.41) is 8.85. The van der Waals surface area contributed by atoms with Crippen LogP contribution < -0.4 is 14.2 Å². The highest BCUT2D eigenvalue weighted by Crippen LogP contribution is 2.32. The standard InChI is InChI=1S/C24H22O5/c1-27-22-9-5-8-20(12-15-23(25)26)24(22)29-17-16-28-21-13-10-19(11-14-21)18-6-3-2-4-7-18/h2-15H,16-17H2,1H3,(H,25,26). The predicted molar refractivity (Wildman–Crippen MR) is 113 cm³/mol. The average Bonchev–Trinajstić information content (AvgIpc) is 2.76. The van der Waals surface area contributed by atoms with Crippen LogP contribution in [0, 0.1) is 0 Å². The Balaban J connectivity index is 1.58. The molecule has 0 aliphatic rings. The number of para-hydroxylation sites is 1. The molecule has 0 saturated carbocycles. The van der Waals surface area contributed by atoms with Crippen LogP contribution in [0.1, 0.15) is 5.56 Å². The van der Waals surface area contributed by atoms with E-state index in [9.17, 15) is 4.79 Å². The summed E-state index contributed by atoms with van der Waals surface area (Å²) in [6, 6.07) is 23.3. The van der Waals surface area contributed by atoms with Gasteiger partial charge in [-0.15, -0.1) is 0 Å². The van der Waals surface area contributed by atoms with E-state index >= 15 is 0 Å². The number of rotatable bonds is 9. The summed E-state index contributed by atoms with van der Waals surface area (Å²) >= 11 is 0. The van der Waals surface area contributed by atoms with Crippen LogP contribution in [0.3, 0.4) is 0 Å². The molecule has 0 aliphatic carbocycles. The van der Waals surface area contributed by atoms with E-state index in [1.807, 2.05) is 42.5 Å². The van der Waals surface area contributed by atoms with Crippen molar-refractivity contribution in [3.63, 3.8) is 0 Å². The van der Waals surface area contributed by atoms with Crippen molar-refractivity contribution in [2.75, 3.05) is 20.3 Å². The quantitative estimate of drug-likeness (QED) is 0.415. The van der Waals surface area contributed by atoms with E-state index in [0.29, 0.717) is 23.7 Å². The van der Waals surface area contributed by atoms with Gasteiger partial charge in [-0.2, -0.15) is 0 Å². The zero-order valence-electron chi connectivity index (χ0n) is 16.1. The number of hydrogen-bond acceptors (Lipinski definition) is 4. The summed E-state index contributed by atoms with van der Waals surface area (Å²) in [6.45, 7) is 0.625. The number of benzene rings is 3. The molecule has 3 aromatic rings. The van der Waals surface area contributed by atoms with Crippen molar-refractivity contribution in [3.05, 3.63) is 84.4 Å². The lowest BCUT2D eigenvalue weighted by Crippen LogP contribution is -2.10. The summed E-state index contributed by atoms with van der Waals surface area (Å²) in [5.41, 5.74) is 2.90. The van der Waals surface area contributed by atoms with Crippen molar-refractivity contribution in [3.8, 4) is 28.4 Å². The lowest BCUT2D eigenvalue weighted by molar-refractivity contribution is -0.131. The van der Waals surface area contributed by atoms with Crippen LogP contribution in [0.25, 0.3) is 17.2 Å². The molecule has 5 heteroatoms. The molecule has 0 aromatic heterocycles. The third-order valence-electron chi connectivity index (χ3n) is 4.19. The molecule has 0 amide bonds. The first-order chi connectivity index (χ1) is 14.2. The van der Waals surface area contributed by atoms with Crippen LogP contribution in [0.4, 0.5) is 0 Å². The molecule has 148 valence electrons. The van der Waals surface area contributed by atoms with Gasteiger partial charge < -0.3 is 19.3 Å². The van der Waals surface area contributed by atoms with Gasteiger partial charge in [0.2, 0.25) is 0 Å². The summed E-state index contributed by atoms with van der Waals surface area (Å²) in [4.78, 5) is 10.8. The molecule has 29 heavy (non-hydrogen) atoms. The molecule has 0 fully saturated rings. The normalized spacial score (nSPS) is 10.7. The molecule has 0 unspecified atom stereocenters. The lowest BCUT2D eigenvalue weighted by Gasteiger charge is -2.14. The van der Waals surface area contributed by atoms with E-state index in [-0.39, 0.29) is 6.61 Å². The van der Waals surface area contributed by atoms with Crippen molar-refractivity contribution < 1.29 is 24.1 Å². The van der Waals surface area contributed by atoms with Crippen LogP contribution in [0.15, 0.2) is 78.9 Å². The Bertz CT molecular complexity index is 962. The monoisotopic (exact) mass is 390 g/mol. The molecule has 0 bridgehead atoms. The van der Waals surface area contributed by atoms with Gasteiger partial charge in [-0.05, 0) is 35.4 Å². The van der Waals surface area contributed by atoms with Gasteiger partial charge in [0, 0.05) is 11.6 Å². The van der Waals surface area contributed by atoms with Crippen molar-refractivity contribution in [1.82, 2.24) is 0 Å². The van der Waals surface area contributed by atoms with Gasteiger partial charge >= 0.3 is 5.97 Å². The van der Waals surface area contributed by atoms with Gasteiger partial charge in [-0.3, -0.25) is 0 Å². The van der Waals surface area contributed by atoms with Crippen LogP contribution in [0.5, 0.6) is 17.2 Å². The molecule has 1 N–H and O–H groups in total. The zero-order valence-corrected chi connectivity index (χ0v) is 16.1. The Kier molecular flexibility index (Phi) is 6.90. The van der Waals surface area contributed by atoms with Gasteiger partial charge in [-0.1, -0.05) is 54.6 Å². The van der Waals surface area contributed by atoms with E-state index in [2.05, 4.69) is 12.1 Å². The highest BCUT2D eigenvalue weighted by molar-refractivity contribution is 5.86. The maximum atomic E-state index is 10.8. The molecule has 0 spiro atoms. The van der Waals surface area contributed by atoms with E-state index in [1.54, 1.807) is 18.2 Å². The number of carboxylic acids is 1. The number of carboxylic acid groups (broad SMARTS) is 1. The first-order valence-corrected chi connectivity index (χ1v) is 9.16. The van der Waals surface area contributed by atoms with Gasteiger partial charge in [-0.25, -0.2) is 4.79 Å². The maximum Gasteiger partial charge on any atom is 0.328 e. The summed E-state index contributed by atoms with van der Waals surface area (Å²) in [7, 11) is 1.54. The van der Waals surface area contributed by atoms with Gasteiger partial charge in [0.1, 0.15) is 19.0 Å². The Hall–Kier alpha value is -3.73. The predicted octanol–water partition coefficient (Wildman–Crippen LogP) is 4.92. The highest BCUT2D eigenvalue weighted by atomic mass is 16.5. The second-order valence-electron chi connectivity index (χ2n) is 6.14. The number of hydrogen-bond donors (Lipinski definition) is 1. The van der Waals surface area contributed by atoms with Gasteiger partial charge in [0.25, 0.3) is 0 Å². The minimum absolute atomic E-state index is 0.286. The molecule has 0 radical (unpaired) electrons. The number of methoxy groups -OCH3 is 1. The Morgan fingerprint density at radius 2 is 1.55 bits per heavy atom. The fourth-order valence-electron chi connectivity index (χ4n) is 2.82. The SMILES string of the molecule is COc1cccc(C=CC(=O)O)c1OCCOc1ccc(-c2ccccc2)cc1. The first-order valence-electron chi connectivity index (χ1n) is 9.16. The zero-order chi connectivity index (χ0) is 20.5. The molecule has 0 heterocycles. The summed E-state index contributed by atoms with van der Waals surface area (Å²) < 4.78 is 16.9. The topological polar surface area (TPSA) is 65.0 Å². The van der Waals surface area contributed by atoms with E-state index in [4.69, 9.17) is 19.3 Å². The minimum atomic E-state index is -1.03. The molecule has 3 aromatic carbocycles. The third-order valence-corrected chi connectivity index (χ3v) is 4.19. The van der Waals surface area contributed by atoms with E-state index < -0.39 is 5.97 Å². The van der Waals surface area contributed by atoms with Gasteiger partial charge in [0.15, 0.2) is 11.5 Å². The molecule has 5 nitrogen and oxygen atoms in total. The molecular formula is C24H22O5. The van der Waals surface area contributed by atoms with Crippen LogP contribution in [-0.2, 0) is 4.79 Å². The van der Waals surface area contributed by atoms with E-state index in [0.717, 1.165) is 23.0 Å². The molecular weight excluding hydrogens is 368 g/mol. The fourth-order valence-corrected chi connectivity index (χ4v) is 2.82. The number of aliphatic carboxylic acids is 1. The molecule has 3 rings (SSSR count). The van der Waals surface area contributed by atoms with Crippen LogP contribution in [-0.4, -0.2) is 31.4 Å². The number of ether oxygens (including phenoxy) is 3. The smallest absolute Gasteiger partial charge is 0.328 e. The summed E-state index contributed by atoms with van der Waals surface area (Å²) in [5.74, 6) is 0.737. The second kappa shape index (κ2) is 9.99. The molecule has 0 atom stereocenters. The fraction of sp³-hybridized carbons (Fsp3) is 0.125. The minimum Gasteiger partial charge on any atom is -0.493 e. The van der Waals surface area contributed by atoms with Crippen LogP contribution >= 0.6 is 0 Å². The maximum absolute atomic E-state index is 10.8. The Morgan fingerprint density at radius 1 is 0.862 bits per heavy atom. The molecule has 0 aliphatic heterocycles. The summed E-state index contributed by atoms with van der Waals surface area (Å²) in [6.07, 6.45) is 2.54. The number of carbonyl (C=O) groups is 1. The average molecular weight is 390 g/mol. The lowest BCUT2D eigenvalue weighted by atomic mass is 10.1. The Morgan fingerprint density at radius 3 is 2.24 bits per heavy atom. The molecule has 0 saturated heterocycles. The van der Waals surface area contributed by atoms with Crippen molar-refractivity contribution in [2.45, 2.75) is 0 Å².